The van der Waals surface area contributed by atoms with E-state index in [1.54, 1.807) is 11.3 Å². The number of amides is 1. The first-order valence-electron chi connectivity index (χ1n) is 6.85. The van der Waals surface area contributed by atoms with Crippen LogP contribution in [0.4, 0.5) is 0 Å². The van der Waals surface area contributed by atoms with Gasteiger partial charge in [-0.3, -0.25) is 9.69 Å². The number of hydrogen-bond donors (Lipinski definition) is 1. The molecular weight excluding hydrogens is 274 g/mol. The maximum absolute atomic E-state index is 11.0. The largest absolute Gasteiger partial charge is 0.370 e. The Morgan fingerprint density at radius 2 is 2.30 bits per heavy atom. The van der Waals surface area contributed by atoms with E-state index in [4.69, 9.17) is 5.73 Å². The molecule has 0 bridgehead atoms. The van der Waals surface area contributed by atoms with Crippen LogP contribution in [0.15, 0.2) is 0 Å². The van der Waals surface area contributed by atoms with E-state index in [0.29, 0.717) is 12.3 Å². The van der Waals surface area contributed by atoms with Gasteiger partial charge in [0.2, 0.25) is 10.9 Å². The monoisotopic (exact) mass is 293 g/mol. The van der Waals surface area contributed by atoms with Crippen LogP contribution < -0.4 is 5.73 Å². The number of carbonyl (C=O) groups excluding carboxylic acids is 1. The van der Waals surface area contributed by atoms with Crippen molar-refractivity contribution in [3.63, 3.8) is 0 Å². The van der Waals surface area contributed by atoms with Crippen LogP contribution >= 0.6 is 11.3 Å². The molecule has 2 aromatic heterocycles. The van der Waals surface area contributed by atoms with Gasteiger partial charge >= 0.3 is 0 Å². The summed E-state index contributed by atoms with van der Waals surface area (Å²) < 4.78 is 1.96. The summed E-state index contributed by atoms with van der Waals surface area (Å²) in [6, 6.07) is 0. The van der Waals surface area contributed by atoms with E-state index < -0.39 is 0 Å². The predicted molar refractivity (Wildman–Crippen MR) is 77.5 cm³/mol. The first kappa shape index (κ1) is 13.5. The minimum absolute atomic E-state index is 0.199. The number of aryl methyl sites for hydroxylation is 2. The molecule has 20 heavy (non-hydrogen) atoms. The van der Waals surface area contributed by atoms with Gasteiger partial charge in [-0.25, -0.2) is 9.50 Å². The molecule has 1 amide bonds. The maximum atomic E-state index is 11.0. The van der Waals surface area contributed by atoms with Crippen molar-refractivity contribution in [2.45, 2.75) is 33.2 Å². The molecule has 2 aromatic rings. The zero-order valence-corrected chi connectivity index (χ0v) is 12.6. The number of fused-ring (bicyclic) bond motifs is 1. The van der Waals surface area contributed by atoms with Crippen LogP contribution in [0.25, 0.3) is 4.96 Å². The van der Waals surface area contributed by atoms with E-state index >= 15 is 0 Å². The van der Waals surface area contributed by atoms with Gasteiger partial charge in [-0.1, -0.05) is 11.3 Å². The number of aromatic nitrogens is 3. The Morgan fingerprint density at radius 1 is 1.50 bits per heavy atom. The molecule has 1 fully saturated rings. The van der Waals surface area contributed by atoms with Gasteiger partial charge in [0.25, 0.3) is 0 Å². The van der Waals surface area contributed by atoms with Gasteiger partial charge in [0, 0.05) is 19.5 Å². The fraction of sp³-hybridized carbons (Fsp3) is 0.615. The zero-order chi connectivity index (χ0) is 14.3. The second-order valence-corrected chi connectivity index (χ2v) is 6.68. The highest BCUT2D eigenvalue weighted by molar-refractivity contribution is 7.16. The molecule has 3 heterocycles. The molecule has 1 unspecified atom stereocenters. The second-order valence-electron chi connectivity index (χ2n) is 5.52. The first-order chi connectivity index (χ1) is 9.52. The maximum Gasteiger partial charge on any atom is 0.217 e. The molecule has 7 heteroatoms. The van der Waals surface area contributed by atoms with E-state index in [2.05, 4.69) is 15.0 Å². The zero-order valence-electron chi connectivity index (χ0n) is 11.8. The molecule has 108 valence electrons. The van der Waals surface area contributed by atoms with Gasteiger partial charge in [0.1, 0.15) is 5.01 Å². The summed E-state index contributed by atoms with van der Waals surface area (Å²) in [6.45, 7) is 6.80. The first-order valence-corrected chi connectivity index (χ1v) is 7.67. The number of carbonyl (C=O) groups is 1. The van der Waals surface area contributed by atoms with E-state index in [9.17, 15) is 4.79 Å². The van der Waals surface area contributed by atoms with Crippen LogP contribution in [-0.2, 0) is 11.3 Å². The molecule has 1 aliphatic rings. The Balaban J connectivity index is 1.74. The van der Waals surface area contributed by atoms with Gasteiger partial charge in [0.05, 0.1) is 11.4 Å². The van der Waals surface area contributed by atoms with Gasteiger partial charge in [-0.15, -0.1) is 0 Å². The van der Waals surface area contributed by atoms with Crippen molar-refractivity contribution in [3.05, 3.63) is 16.4 Å². The molecule has 2 N–H and O–H groups in total. The van der Waals surface area contributed by atoms with E-state index in [0.717, 1.165) is 47.4 Å². The average Bonchev–Trinajstić information content (AvgIpc) is 2.98. The Morgan fingerprint density at radius 3 is 3.05 bits per heavy atom. The third-order valence-electron chi connectivity index (χ3n) is 3.83. The number of primary amides is 1. The molecule has 0 saturated carbocycles. The summed E-state index contributed by atoms with van der Waals surface area (Å²) in [5, 5.41) is 5.54. The third-order valence-corrected chi connectivity index (χ3v) is 4.65. The Kier molecular flexibility index (Phi) is 3.47. The minimum Gasteiger partial charge on any atom is -0.370 e. The molecule has 1 aliphatic heterocycles. The van der Waals surface area contributed by atoms with Crippen LogP contribution in [0.1, 0.15) is 29.2 Å². The fourth-order valence-corrected chi connectivity index (χ4v) is 3.69. The van der Waals surface area contributed by atoms with E-state index in [1.165, 1.54) is 0 Å². The number of rotatable bonds is 4. The Hall–Kier alpha value is -1.47. The molecule has 1 saturated heterocycles. The van der Waals surface area contributed by atoms with Gasteiger partial charge < -0.3 is 5.73 Å². The fourth-order valence-electron chi connectivity index (χ4n) is 2.89. The summed E-state index contributed by atoms with van der Waals surface area (Å²) >= 11 is 1.62. The second kappa shape index (κ2) is 5.14. The normalized spacial score (nSPS) is 20.0. The molecule has 1 atom stereocenters. The standard InChI is InChI=1S/C13H19N5OS/c1-8-11(18-13(15-8)20-9(2)16-18)7-17-4-3-10(6-17)5-12(14)19/h10H,3-7H2,1-2H3,(H2,14,19). The number of imidazole rings is 1. The van der Waals surface area contributed by atoms with Crippen molar-refractivity contribution in [1.29, 1.82) is 0 Å². The van der Waals surface area contributed by atoms with Gasteiger partial charge in [-0.2, -0.15) is 5.10 Å². The smallest absolute Gasteiger partial charge is 0.217 e. The summed E-state index contributed by atoms with van der Waals surface area (Å²) in [7, 11) is 0. The number of nitrogens with zero attached hydrogens (tertiary/aromatic N) is 4. The van der Waals surface area contributed by atoms with Crippen LogP contribution in [0.2, 0.25) is 0 Å². The van der Waals surface area contributed by atoms with Crippen LogP contribution in [0, 0.1) is 19.8 Å². The van der Waals surface area contributed by atoms with Crippen LogP contribution in [0.5, 0.6) is 0 Å². The molecule has 0 spiro atoms. The minimum atomic E-state index is -0.199. The molecular formula is C13H19N5OS. The highest BCUT2D eigenvalue weighted by Gasteiger charge is 2.25. The average molecular weight is 293 g/mol. The van der Waals surface area contributed by atoms with Gasteiger partial charge in [-0.05, 0) is 32.7 Å². The number of nitrogens with two attached hydrogens (primary N) is 1. The molecule has 0 radical (unpaired) electrons. The van der Waals surface area contributed by atoms with Crippen molar-refractivity contribution in [2.75, 3.05) is 13.1 Å². The summed E-state index contributed by atoms with van der Waals surface area (Å²) in [6.07, 6.45) is 1.53. The highest BCUT2D eigenvalue weighted by atomic mass is 32.1. The third kappa shape index (κ3) is 2.55. The van der Waals surface area contributed by atoms with E-state index in [1.807, 2.05) is 18.4 Å². The lowest BCUT2D eigenvalue weighted by Crippen LogP contribution is -2.23. The SMILES string of the molecule is Cc1nn2c(CN3CCC(CC(N)=O)C3)c(C)nc2s1. The molecule has 6 nitrogen and oxygen atoms in total. The van der Waals surface area contributed by atoms with Crippen molar-refractivity contribution >= 4 is 22.2 Å². The summed E-state index contributed by atoms with van der Waals surface area (Å²) in [5.41, 5.74) is 7.47. The van der Waals surface area contributed by atoms with Crippen LogP contribution in [-0.4, -0.2) is 38.5 Å². The van der Waals surface area contributed by atoms with Crippen molar-refractivity contribution in [3.8, 4) is 0 Å². The lowest BCUT2D eigenvalue weighted by molar-refractivity contribution is -0.118. The van der Waals surface area contributed by atoms with E-state index in [-0.39, 0.29) is 5.91 Å². The lowest BCUT2D eigenvalue weighted by atomic mass is 10.1. The van der Waals surface area contributed by atoms with Crippen LogP contribution in [0.3, 0.4) is 0 Å². The van der Waals surface area contributed by atoms with Crippen molar-refractivity contribution in [2.24, 2.45) is 11.7 Å². The molecule has 0 aliphatic carbocycles. The summed E-state index contributed by atoms with van der Waals surface area (Å²) in [5.74, 6) is 0.197. The van der Waals surface area contributed by atoms with Crippen molar-refractivity contribution < 1.29 is 4.79 Å². The summed E-state index contributed by atoms with van der Waals surface area (Å²) in [4.78, 5) is 18.9. The number of likely N-dealkylation sites (tertiary alicyclic amines) is 1. The quantitative estimate of drug-likeness (QED) is 0.916. The lowest BCUT2D eigenvalue weighted by Gasteiger charge is -2.15. The Bertz CT molecular complexity index is 647. The Labute approximate surface area is 121 Å². The highest BCUT2D eigenvalue weighted by Crippen LogP contribution is 2.24. The van der Waals surface area contributed by atoms with Crippen molar-refractivity contribution in [1.82, 2.24) is 19.5 Å². The topological polar surface area (TPSA) is 76.5 Å². The molecule has 3 rings (SSSR count). The molecule has 0 aromatic carbocycles. The number of hydrogen-bond acceptors (Lipinski definition) is 5. The van der Waals surface area contributed by atoms with Gasteiger partial charge in [0.15, 0.2) is 0 Å². The predicted octanol–water partition coefficient (Wildman–Crippen LogP) is 1.10.